The van der Waals surface area contributed by atoms with Crippen LogP contribution in [0, 0.1) is 0 Å². The van der Waals surface area contributed by atoms with Gasteiger partial charge in [-0.05, 0) is 17.9 Å². The molecule has 0 aromatic carbocycles. The summed E-state index contributed by atoms with van der Waals surface area (Å²) in [5.74, 6) is 1.04. The van der Waals surface area contributed by atoms with E-state index < -0.39 is 0 Å². The van der Waals surface area contributed by atoms with Crippen LogP contribution < -0.4 is 0 Å². The SMILES string of the molecule is CCCCOCCn1ccnc1-c1cccs1. The fourth-order valence-electron chi connectivity index (χ4n) is 1.63. The van der Waals surface area contributed by atoms with Crippen LogP contribution in [0.15, 0.2) is 29.9 Å². The molecule has 0 N–H and O–H groups in total. The van der Waals surface area contributed by atoms with Crippen LogP contribution in [-0.4, -0.2) is 22.8 Å². The molecule has 4 heteroatoms. The van der Waals surface area contributed by atoms with E-state index in [-0.39, 0.29) is 0 Å². The number of unbranched alkanes of at least 4 members (excludes halogenated alkanes) is 1. The van der Waals surface area contributed by atoms with Crippen molar-refractivity contribution in [3.05, 3.63) is 29.9 Å². The maximum atomic E-state index is 5.57. The summed E-state index contributed by atoms with van der Waals surface area (Å²) in [6.07, 6.45) is 6.19. The van der Waals surface area contributed by atoms with Crippen LogP contribution in [0.1, 0.15) is 19.8 Å². The van der Waals surface area contributed by atoms with E-state index in [1.54, 1.807) is 11.3 Å². The minimum absolute atomic E-state index is 0.759. The molecule has 3 nitrogen and oxygen atoms in total. The minimum atomic E-state index is 0.759. The first-order valence-electron chi connectivity index (χ1n) is 6.04. The Hall–Kier alpha value is -1.13. The van der Waals surface area contributed by atoms with Gasteiger partial charge in [0.1, 0.15) is 5.82 Å². The van der Waals surface area contributed by atoms with Crippen molar-refractivity contribution in [3.63, 3.8) is 0 Å². The average molecular weight is 250 g/mol. The molecule has 0 saturated heterocycles. The molecule has 17 heavy (non-hydrogen) atoms. The zero-order valence-corrected chi connectivity index (χ0v) is 10.9. The van der Waals surface area contributed by atoms with Gasteiger partial charge in [0.15, 0.2) is 0 Å². The van der Waals surface area contributed by atoms with Gasteiger partial charge >= 0.3 is 0 Å². The monoisotopic (exact) mass is 250 g/mol. The van der Waals surface area contributed by atoms with Crippen LogP contribution in [-0.2, 0) is 11.3 Å². The normalized spacial score (nSPS) is 10.9. The molecular weight excluding hydrogens is 232 g/mol. The highest BCUT2D eigenvalue weighted by molar-refractivity contribution is 7.13. The number of thiophene rings is 1. The fourth-order valence-corrected chi connectivity index (χ4v) is 2.37. The fraction of sp³-hybridized carbons (Fsp3) is 0.462. The van der Waals surface area contributed by atoms with Crippen molar-refractivity contribution in [3.8, 4) is 10.7 Å². The zero-order chi connectivity index (χ0) is 11.9. The molecule has 0 unspecified atom stereocenters. The summed E-state index contributed by atoms with van der Waals surface area (Å²) in [5, 5.41) is 2.08. The van der Waals surface area contributed by atoms with Gasteiger partial charge in [0.2, 0.25) is 0 Å². The highest BCUT2D eigenvalue weighted by atomic mass is 32.1. The van der Waals surface area contributed by atoms with Gasteiger partial charge in [-0.1, -0.05) is 19.4 Å². The van der Waals surface area contributed by atoms with Gasteiger partial charge in [-0.3, -0.25) is 0 Å². The van der Waals surface area contributed by atoms with E-state index in [1.165, 1.54) is 11.3 Å². The number of hydrogen-bond donors (Lipinski definition) is 0. The van der Waals surface area contributed by atoms with E-state index in [9.17, 15) is 0 Å². The first kappa shape index (κ1) is 12.3. The number of aromatic nitrogens is 2. The first-order valence-corrected chi connectivity index (χ1v) is 6.92. The maximum Gasteiger partial charge on any atom is 0.150 e. The predicted molar refractivity (Wildman–Crippen MR) is 71.3 cm³/mol. The molecule has 2 rings (SSSR count). The van der Waals surface area contributed by atoms with Crippen LogP contribution in [0.2, 0.25) is 0 Å². The lowest BCUT2D eigenvalue weighted by atomic mass is 10.4. The van der Waals surface area contributed by atoms with Crippen LogP contribution in [0.3, 0.4) is 0 Å². The lowest BCUT2D eigenvalue weighted by Crippen LogP contribution is -2.07. The topological polar surface area (TPSA) is 27.1 Å². The molecule has 0 aliphatic heterocycles. The largest absolute Gasteiger partial charge is 0.380 e. The summed E-state index contributed by atoms with van der Waals surface area (Å²) in [5.41, 5.74) is 0. The maximum absolute atomic E-state index is 5.57. The second kappa shape index (κ2) is 6.57. The van der Waals surface area contributed by atoms with Gasteiger partial charge < -0.3 is 9.30 Å². The molecule has 0 fully saturated rings. The van der Waals surface area contributed by atoms with Crippen LogP contribution >= 0.6 is 11.3 Å². The van der Waals surface area contributed by atoms with E-state index >= 15 is 0 Å². The average Bonchev–Trinajstić information content (AvgIpc) is 2.98. The highest BCUT2D eigenvalue weighted by Crippen LogP contribution is 2.22. The second-order valence-corrected chi connectivity index (χ2v) is 4.84. The molecular formula is C13H18N2OS. The smallest absolute Gasteiger partial charge is 0.150 e. The lowest BCUT2D eigenvalue weighted by molar-refractivity contribution is 0.124. The van der Waals surface area contributed by atoms with Crippen molar-refractivity contribution in [2.45, 2.75) is 26.3 Å². The standard InChI is InChI=1S/C13H18N2OS/c1-2-3-9-16-10-8-15-7-6-14-13(15)12-5-4-11-17-12/h4-7,11H,2-3,8-10H2,1H3. The summed E-state index contributed by atoms with van der Waals surface area (Å²) in [6.45, 7) is 4.67. The third kappa shape index (κ3) is 3.41. The van der Waals surface area contributed by atoms with Crippen molar-refractivity contribution in [1.82, 2.24) is 9.55 Å². The van der Waals surface area contributed by atoms with Crippen molar-refractivity contribution < 1.29 is 4.74 Å². The zero-order valence-electron chi connectivity index (χ0n) is 10.1. The summed E-state index contributed by atoms with van der Waals surface area (Å²) in [6, 6.07) is 4.15. The molecule has 0 spiro atoms. The Morgan fingerprint density at radius 1 is 1.41 bits per heavy atom. The van der Waals surface area contributed by atoms with Crippen molar-refractivity contribution in [2.24, 2.45) is 0 Å². The molecule has 0 amide bonds. The van der Waals surface area contributed by atoms with Gasteiger partial charge in [-0.2, -0.15) is 0 Å². The van der Waals surface area contributed by atoms with Crippen molar-refractivity contribution in [1.29, 1.82) is 0 Å². The summed E-state index contributed by atoms with van der Waals surface area (Å²) >= 11 is 1.72. The summed E-state index contributed by atoms with van der Waals surface area (Å²) in [4.78, 5) is 5.60. The third-order valence-electron chi connectivity index (χ3n) is 2.58. The number of nitrogens with zero attached hydrogens (tertiary/aromatic N) is 2. The molecule has 2 aromatic rings. The third-order valence-corrected chi connectivity index (χ3v) is 3.44. The molecule has 0 atom stereocenters. The quantitative estimate of drug-likeness (QED) is 0.704. The van der Waals surface area contributed by atoms with Crippen LogP contribution in [0.4, 0.5) is 0 Å². The van der Waals surface area contributed by atoms with Gasteiger partial charge in [-0.15, -0.1) is 11.3 Å². The van der Waals surface area contributed by atoms with Gasteiger partial charge in [0, 0.05) is 25.5 Å². The molecule has 0 saturated carbocycles. The van der Waals surface area contributed by atoms with Crippen LogP contribution in [0.5, 0.6) is 0 Å². The Morgan fingerprint density at radius 3 is 3.12 bits per heavy atom. The van der Waals surface area contributed by atoms with E-state index in [2.05, 4.69) is 34.0 Å². The Kier molecular flexibility index (Phi) is 4.76. The molecule has 2 heterocycles. The Morgan fingerprint density at radius 2 is 2.35 bits per heavy atom. The number of ether oxygens (including phenoxy) is 1. The second-order valence-electron chi connectivity index (χ2n) is 3.89. The van der Waals surface area contributed by atoms with E-state index in [1.807, 2.05) is 12.4 Å². The van der Waals surface area contributed by atoms with Crippen LogP contribution in [0.25, 0.3) is 10.7 Å². The summed E-state index contributed by atoms with van der Waals surface area (Å²) in [7, 11) is 0. The van der Waals surface area contributed by atoms with Gasteiger partial charge in [-0.25, -0.2) is 4.98 Å². The Bertz CT molecular complexity index is 422. The molecule has 0 radical (unpaired) electrons. The van der Waals surface area contributed by atoms with E-state index in [4.69, 9.17) is 4.74 Å². The summed E-state index contributed by atoms with van der Waals surface area (Å²) < 4.78 is 7.73. The molecule has 0 aliphatic carbocycles. The van der Waals surface area contributed by atoms with Crippen molar-refractivity contribution in [2.75, 3.05) is 13.2 Å². The lowest BCUT2D eigenvalue weighted by Gasteiger charge is -2.07. The predicted octanol–water partition coefficient (Wildman–Crippen LogP) is 3.43. The van der Waals surface area contributed by atoms with E-state index in [0.29, 0.717) is 0 Å². The Balaban J connectivity index is 1.87. The Labute approximate surface area is 106 Å². The van der Waals surface area contributed by atoms with Crippen molar-refractivity contribution >= 4 is 11.3 Å². The molecule has 2 aromatic heterocycles. The molecule has 0 aliphatic rings. The molecule has 0 bridgehead atoms. The number of hydrogen-bond acceptors (Lipinski definition) is 3. The van der Waals surface area contributed by atoms with Gasteiger partial charge in [0.05, 0.1) is 11.5 Å². The molecule has 92 valence electrons. The highest BCUT2D eigenvalue weighted by Gasteiger charge is 2.05. The van der Waals surface area contributed by atoms with E-state index in [0.717, 1.165) is 32.0 Å². The number of imidazole rings is 1. The van der Waals surface area contributed by atoms with Gasteiger partial charge in [0.25, 0.3) is 0 Å². The first-order chi connectivity index (χ1) is 8.42. The number of rotatable bonds is 7. The minimum Gasteiger partial charge on any atom is -0.380 e.